The average molecular weight is 428 g/mol. The minimum atomic E-state index is -2.55. The third kappa shape index (κ3) is 2.66. The summed E-state index contributed by atoms with van der Waals surface area (Å²) in [4.78, 5) is 38.0. The van der Waals surface area contributed by atoms with Gasteiger partial charge in [-0.15, -0.1) is 0 Å². The summed E-state index contributed by atoms with van der Waals surface area (Å²) in [6, 6.07) is 1.76. The minimum absolute atomic E-state index is 0.00436. The molecule has 0 aromatic heterocycles. The highest BCUT2D eigenvalue weighted by Crippen LogP contribution is 2.52. The Morgan fingerprint density at radius 2 is 1.87 bits per heavy atom. The zero-order chi connectivity index (χ0) is 22.8. The number of hydrogen-bond donors (Lipinski definition) is 6. The predicted octanol–water partition coefficient (Wildman–Crippen LogP) is 0.602. The first-order valence-electron chi connectivity index (χ1n) is 10.1. The van der Waals surface area contributed by atoms with E-state index < -0.39 is 52.0 Å². The molecule has 9 heteroatoms. The van der Waals surface area contributed by atoms with Crippen molar-refractivity contribution in [3.8, 4) is 5.75 Å². The third-order valence-corrected chi connectivity index (χ3v) is 6.83. The van der Waals surface area contributed by atoms with E-state index in [-0.39, 0.29) is 36.3 Å². The molecule has 0 fully saturated rings. The molecule has 0 spiro atoms. The Labute approximate surface area is 177 Å². The largest absolute Gasteiger partial charge is 0.511 e. The predicted molar refractivity (Wildman–Crippen MR) is 108 cm³/mol. The van der Waals surface area contributed by atoms with Gasteiger partial charge in [-0.1, -0.05) is 13.0 Å². The summed E-state index contributed by atoms with van der Waals surface area (Å²) in [5.74, 6) is -6.29. The maximum atomic E-state index is 13.4. The van der Waals surface area contributed by atoms with Crippen LogP contribution in [0.25, 0.3) is 0 Å². The lowest BCUT2D eigenvalue weighted by Gasteiger charge is -2.45. The molecule has 0 bridgehead atoms. The minimum Gasteiger partial charge on any atom is -0.511 e. The average Bonchev–Trinajstić information content (AvgIpc) is 2.70. The lowest BCUT2D eigenvalue weighted by molar-refractivity contribution is -0.144. The maximum absolute atomic E-state index is 13.4. The number of allylic oxidation sites excluding steroid dienone is 2. The molecule has 3 aliphatic carbocycles. The topological polar surface area (TPSA) is 184 Å². The van der Waals surface area contributed by atoms with Crippen LogP contribution in [0.4, 0.5) is 0 Å². The zero-order valence-electron chi connectivity index (χ0n) is 16.9. The van der Waals surface area contributed by atoms with Crippen LogP contribution < -0.4 is 11.5 Å². The monoisotopic (exact) mass is 428 g/mol. The van der Waals surface area contributed by atoms with Crippen molar-refractivity contribution in [1.82, 2.24) is 0 Å². The fourth-order valence-corrected chi connectivity index (χ4v) is 5.30. The van der Waals surface area contributed by atoms with Crippen molar-refractivity contribution in [2.75, 3.05) is 0 Å². The van der Waals surface area contributed by atoms with E-state index in [0.717, 1.165) is 5.56 Å². The number of phenols is 1. The Bertz CT molecular complexity index is 1120. The molecule has 0 heterocycles. The third-order valence-electron chi connectivity index (χ3n) is 6.83. The molecule has 3 atom stereocenters. The van der Waals surface area contributed by atoms with Gasteiger partial charge in [0.15, 0.2) is 11.4 Å². The van der Waals surface area contributed by atoms with E-state index in [1.165, 1.54) is 0 Å². The number of aliphatic hydroxyl groups is 3. The first kappa shape index (κ1) is 21.1. The van der Waals surface area contributed by atoms with Crippen LogP contribution in [-0.2, 0) is 29.0 Å². The van der Waals surface area contributed by atoms with Crippen LogP contribution in [0.2, 0.25) is 0 Å². The Hall–Kier alpha value is -3.17. The second-order valence-corrected chi connectivity index (χ2v) is 8.37. The number of carbonyl (C=O) groups is 3. The molecular weight excluding hydrogens is 404 g/mol. The number of rotatable bonds is 3. The van der Waals surface area contributed by atoms with Crippen LogP contribution in [0.3, 0.4) is 0 Å². The number of nitrogens with two attached hydrogens (primary N) is 2. The van der Waals surface area contributed by atoms with Crippen LogP contribution in [0.5, 0.6) is 5.75 Å². The fraction of sp³-hybridized carbons (Fsp3) is 0.409. The molecule has 1 aromatic rings. The van der Waals surface area contributed by atoms with Crippen LogP contribution in [-0.4, -0.2) is 43.5 Å². The van der Waals surface area contributed by atoms with Crippen molar-refractivity contribution in [3.05, 3.63) is 51.0 Å². The van der Waals surface area contributed by atoms with Gasteiger partial charge >= 0.3 is 0 Å². The number of aromatic hydroxyl groups is 1. The lowest BCUT2D eigenvalue weighted by atomic mass is 9.60. The molecule has 8 N–H and O–H groups in total. The zero-order valence-corrected chi connectivity index (χ0v) is 16.9. The van der Waals surface area contributed by atoms with Crippen LogP contribution in [0.1, 0.15) is 46.8 Å². The number of phenolic OH excluding ortho intramolecular Hbond substituents is 1. The van der Waals surface area contributed by atoms with Crippen molar-refractivity contribution >= 4 is 17.5 Å². The molecule has 3 aliphatic rings. The summed E-state index contributed by atoms with van der Waals surface area (Å²) in [5, 5.41) is 43.0. The van der Waals surface area contributed by atoms with E-state index in [0.29, 0.717) is 24.0 Å². The second kappa shape index (κ2) is 6.93. The number of aryl methyl sites for hydroxylation is 1. The summed E-state index contributed by atoms with van der Waals surface area (Å²) in [6.07, 6.45) is 0.771. The highest BCUT2D eigenvalue weighted by atomic mass is 16.3. The van der Waals surface area contributed by atoms with Gasteiger partial charge in [0.2, 0.25) is 5.78 Å². The summed E-state index contributed by atoms with van der Waals surface area (Å²) in [5.41, 5.74) is 9.27. The smallest absolute Gasteiger partial charge is 0.255 e. The van der Waals surface area contributed by atoms with E-state index >= 15 is 0 Å². The maximum Gasteiger partial charge on any atom is 0.255 e. The molecule has 0 unspecified atom stereocenters. The summed E-state index contributed by atoms with van der Waals surface area (Å²) in [7, 11) is 0. The van der Waals surface area contributed by atoms with Crippen molar-refractivity contribution in [2.24, 2.45) is 23.3 Å². The van der Waals surface area contributed by atoms with Crippen molar-refractivity contribution in [3.63, 3.8) is 0 Å². The van der Waals surface area contributed by atoms with Crippen molar-refractivity contribution < 1.29 is 34.8 Å². The normalized spacial score (nSPS) is 27.7. The molecule has 1 amide bonds. The molecule has 1 aromatic carbocycles. The number of aliphatic hydroxyl groups excluding tert-OH is 2. The SMILES string of the molecule is CCc1cc(CN)c(O)c2c1C[C@H]1C[C@H]3CC(O)=C(C(N)=O)C(=O)[C@@]3(O)C(O)=C1C2=O. The number of hydrogen-bond acceptors (Lipinski definition) is 8. The Kier molecular flexibility index (Phi) is 4.71. The molecule has 0 radical (unpaired) electrons. The van der Waals surface area contributed by atoms with E-state index in [9.17, 15) is 34.8 Å². The number of amides is 1. The van der Waals surface area contributed by atoms with Gasteiger partial charge < -0.3 is 31.9 Å². The number of fused-ring (bicyclic) bond motifs is 3. The lowest BCUT2D eigenvalue weighted by Crippen LogP contribution is -2.57. The highest BCUT2D eigenvalue weighted by molar-refractivity contribution is 6.24. The van der Waals surface area contributed by atoms with Gasteiger partial charge in [0.25, 0.3) is 5.91 Å². The van der Waals surface area contributed by atoms with Gasteiger partial charge in [0.1, 0.15) is 22.8 Å². The molecule has 164 valence electrons. The van der Waals surface area contributed by atoms with Gasteiger partial charge in [0.05, 0.1) is 5.56 Å². The van der Waals surface area contributed by atoms with E-state index in [2.05, 4.69) is 0 Å². The number of benzene rings is 1. The quantitative estimate of drug-likeness (QED) is 0.378. The Morgan fingerprint density at radius 3 is 2.45 bits per heavy atom. The molecular formula is C22H24N2O7. The highest BCUT2D eigenvalue weighted by Gasteiger charge is 2.59. The van der Waals surface area contributed by atoms with Crippen LogP contribution >= 0.6 is 0 Å². The van der Waals surface area contributed by atoms with Gasteiger partial charge in [-0.25, -0.2) is 0 Å². The van der Waals surface area contributed by atoms with Crippen molar-refractivity contribution in [2.45, 2.75) is 44.8 Å². The molecule has 31 heavy (non-hydrogen) atoms. The Balaban J connectivity index is 1.93. The van der Waals surface area contributed by atoms with Gasteiger partial charge in [-0.05, 0) is 36.3 Å². The van der Waals surface area contributed by atoms with Gasteiger partial charge in [-0.3, -0.25) is 14.4 Å². The second-order valence-electron chi connectivity index (χ2n) is 8.37. The molecule has 0 saturated heterocycles. The molecule has 0 aliphatic heterocycles. The number of ketones is 2. The molecule has 9 nitrogen and oxygen atoms in total. The summed E-state index contributed by atoms with van der Waals surface area (Å²) >= 11 is 0. The summed E-state index contributed by atoms with van der Waals surface area (Å²) < 4.78 is 0. The van der Waals surface area contributed by atoms with E-state index in [1.807, 2.05) is 6.92 Å². The first-order valence-corrected chi connectivity index (χ1v) is 10.1. The van der Waals surface area contributed by atoms with Crippen molar-refractivity contribution in [1.29, 1.82) is 0 Å². The standard InChI is InChI=1S/C22H24N2O7/c1-2-8-3-10(7-23)17(26)15-12(8)5-9-4-11-6-13(25)16(21(24)30)20(29)22(11,31)19(28)14(9)18(15)27/h3,9,11,25-26,28,31H,2,4-7,23H2,1H3,(H2,24,30)/t9-,11+,22+/m1/s1. The Morgan fingerprint density at radius 1 is 1.19 bits per heavy atom. The summed E-state index contributed by atoms with van der Waals surface area (Å²) in [6.45, 7) is 1.91. The van der Waals surface area contributed by atoms with Crippen LogP contribution in [0, 0.1) is 11.8 Å². The first-order chi connectivity index (χ1) is 14.6. The fourth-order valence-electron chi connectivity index (χ4n) is 5.30. The molecule has 4 rings (SSSR count). The number of Topliss-reactive ketones (excluding diaryl/α,β-unsaturated/α-hetero) is 2. The van der Waals surface area contributed by atoms with E-state index in [4.69, 9.17) is 11.5 Å². The van der Waals surface area contributed by atoms with E-state index in [1.54, 1.807) is 6.07 Å². The number of carbonyl (C=O) groups excluding carboxylic acids is 3. The van der Waals surface area contributed by atoms with Gasteiger partial charge in [-0.2, -0.15) is 0 Å². The van der Waals surface area contributed by atoms with Crippen LogP contribution in [0.15, 0.2) is 28.7 Å². The van der Waals surface area contributed by atoms with Gasteiger partial charge in [0, 0.05) is 30.0 Å². The molecule has 0 saturated carbocycles. The number of primary amides is 1.